The first kappa shape index (κ1) is 18.4. The molecule has 130 valence electrons. The molecule has 1 saturated heterocycles. The van der Waals surface area contributed by atoms with Gasteiger partial charge in [-0.25, -0.2) is 4.98 Å². The first-order chi connectivity index (χ1) is 11.1. The van der Waals surface area contributed by atoms with Crippen molar-refractivity contribution >= 4 is 24.0 Å². The number of nitrogens with zero attached hydrogens (tertiary/aromatic N) is 2. The summed E-state index contributed by atoms with van der Waals surface area (Å²) in [5.41, 5.74) is 0.802. The van der Waals surface area contributed by atoms with Crippen LogP contribution < -0.4 is 10.6 Å². The molecule has 0 bridgehead atoms. The van der Waals surface area contributed by atoms with E-state index in [4.69, 9.17) is 4.74 Å². The molecular weight excluding hydrogens is 330 g/mol. The second-order valence-electron chi connectivity index (χ2n) is 5.73. The third kappa shape index (κ3) is 3.75. The smallest absolute Gasteiger partial charge is 0.256 e. The first-order valence-corrected chi connectivity index (χ1v) is 7.70. The molecule has 1 fully saturated rings. The second kappa shape index (κ2) is 7.74. The van der Waals surface area contributed by atoms with E-state index >= 15 is 0 Å². The lowest BCUT2D eigenvalue weighted by atomic mass is 9.91. The number of aryl methyl sites for hydroxylation is 1. The molecule has 0 saturated carbocycles. The molecule has 3 rings (SSSR count). The van der Waals surface area contributed by atoms with Crippen LogP contribution in [0, 0.1) is 6.92 Å². The van der Waals surface area contributed by atoms with Gasteiger partial charge in [0, 0.05) is 18.4 Å². The third-order valence-electron chi connectivity index (χ3n) is 4.19. The van der Waals surface area contributed by atoms with Gasteiger partial charge in [-0.05, 0) is 45.0 Å². The Bertz CT molecular complexity index is 697. The van der Waals surface area contributed by atoms with Crippen molar-refractivity contribution in [3.05, 3.63) is 30.1 Å². The van der Waals surface area contributed by atoms with E-state index in [1.165, 1.54) is 0 Å². The van der Waals surface area contributed by atoms with Crippen LogP contribution in [0.1, 0.15) is 18.7 Å². The average molecular weight is 352 g/mol. The molecule has 0 unspecified atom stereocenters. The van der Waals surface area contributed by atoms with Gasteiger partial charge in [-0.2, -0.15) is 5.10 Å². The van der Waals surface area contributed by atoms with Gasteiger partial charge in [0.2, 0.25) is 0 Å². The Hall–Kier alpha value is -1.96. The van der Waals surface area contributed by atoms with E-state index in [9.17, 15) is 4.79 Å². The monoisotopic (exact) mass is 351 g/mol. The van der Waals surface area contributed by atoms with E-state index in [1.807, 2.05) is 31.2 Å². The predicted molar refractivity (Wildman–Crippen MR) is 94.3 cm³/mol. The number of carbonyl (C=O) groups is 1. The summed E-state index contributed by atoms with van der Waals surface area (Å²) in [6, 6.07) is 7.50. The highest BCUT2D eigenvalue weighted by Crippen LogP contribution is 2.26. The number of carbonyl (C=O) groups excluding carboxylic acids is 1. The maximum atomic E-state index is 12.7. The van der Waals surface area contributed by atoms with Crippen molar-refractivity contribution in [2.24, 2.45) is 0 Å². The highest BCUT2D eigenvalue weighted by atomic mass is 35.5. The number of aromatic nitrogens is 3. The summed E-state index contributed by atoms with van der Waals surface area (Å²) < 4.78 is 5.55. The van der Waals surface area contributed by atoms with Gasteiger partial charge in [0.15, 0.2) is 5.82 Å². The fraction of sp³-hybridized carbons (Fsp3) is 0.438. The summed E-state index contributed by atoms with van der Waals surface area (Å²) in [7, 11) is 1.59. The van der Waals surface area contributed by atoms with Crippen molar-refractivity contribution in [3.63, 3.8) is 0 Å². The Morgan fingerprint density at radius 1 is 1.33 bits per heavy atom. The van der Waals surface area contributed by atoms with Crippen LogP contribution in [0.15, 0.2) is 24.3 Å². The van der Waals surface area contributed by atoms with Gasteiger partial charge in [-0.3, -0.25) is 9.89 Å². The Labute approximate surface area is 147 Å². The van der Waals surface area contributed by atoms with Gasteiger partial charge in [0.05, 0.1) is 0 Å². The fourth-order valence-electron chi connectivity index (χ4n) is 2.81. The molecule has 24 heavy (non-hydrogen) atoms. The molecule has 1 amide bonds. The predicted octanol–water partition coefficient (Wildman–Crippen LogP) is 1.91. The molecule has 1 aromatic heterocycles. The van der Waals surface area contributed by atoms with Gasteiger partial charge in [-0.1, -0.05) is 12.1 Å². The normalized spacial score (nSPS) is 16.2. The van der Waals surface area contributed by atoms with Crippen LogP contribution in [-0.4, -0.2) is 46.9 Å². The molecule has 1 aliphatic heterocycles. The number of aromatic amines is 1. The van der Waals surface area contributed by atoms with Crippen LogP contribution in [0.5, 0.6) is 0 Å². The number of amides is 1. The Balaban J connectivity index is 0.00000208. The molecule has 7 nitrogen and oxygen atoms in total. The molecule has 0 atom stereocenters. The van der Waals surface area contributed by atoms with E-state index in [0.717, 1.165) is 24.5 Å². The van der Waals surface area contributed by atoms with Gasteiger partial charge in [0.1, 0.15) is 11.4 Å². The Morgan fingerprint density at radius 3 is 2.71 bits per heavy atom. The van der Waals surface area contributed by atoms with E-state index in [2.05, 4.69) is 25.8 Å². The summed E-state index contributed by atoms with van der Waals surface area (Å²) in [5, 5.41) is 13.2. The molecular formula is C16H22ClN5O2. The van der Waals surface area contributed by atoms with Crippen molar-refractivity contribution in [1.29, 1.82) is 0 Å². The van der Waals surface area contributed by atoms with Crippen LogP contribution in [-0.2, 0) is 9.53 Å². The SMILES string of the molecule is COC1(C(=O)Nc2cccc(-c3n[nH]c(C)n3)c2)CCNCC1.Cl. The number of rotatable bonds is 4. The van der Waals surface area contributed by atoms with Crippen molar-refractivity contribution in [3.8, 4) is 11.4 Å². The van der Waals surface area contributed by atoms with E-state index in [0.29, 0.717) is 24.4 Å². The lowest BCUT2D eigenvalue weighted by molar-refractivity contribution is -0.140. The Kier molecular flexibility index (Phi) is 5.93. The van der Waals surface area contributed by atoms with Crippen LogP contribution >= 0.6 is 12.4 Å². The zero-order chi connectivity index (χ0) is 16.3. The average Bonchev–Trinajstić information content (AvgIpc) is 3.02. The minimum absolute atomic E-state index is 0. The molecule has 0 radical (unpaired) electrons. The molecule has 8 heteroatoms. The van der Waals surface area contributed by atoms with Gasteiger partial charge < -0.3 is 15.4 Å². The quantitative estimate of drug-likeness (QED) is 0.782. The summed E-state index contributed by atoms with van der Waals surface area (Å²) in [5.74, 6) is 1.26. The molecule has 0 aliphatic carbocycles. The number of benzene rings is 1. The van der Waals surface area contributed by atoms with Crippen LogP contribution in [0.2, 0.25) is 0 Å². The largest absolute Gasteiger partial charge is 0.368 e. The molecule has 1 aromatic carbocycles. The number of ether oxygens (including phenoxy) is 1. The zero-order valence-corrected chi connectivity index (χ0v) is 14.6. The molecule has 3 N–H and O–H groups in total. The van der Waals surface area contributed by atoms with Crippen molar-refractivity contribution in [2.45, 2.75) is 25.4 Å². The van der Waals surface area contributed by atoms with Crippen LogP contribution in [0.4, 0.5) is 5.69 Å². The van der Waals surface area contributed by atoms with Gasteiger partial charge in [-0.15, -0.1) is 12.4 Å². The number of anilines is 1. The van der Waals surface area contributed by atoms with E-state index in [-0.39, 0.29) is 18.3 Å². The summed E-state index contributed by atoms with van der Waals surface area (Å²) in [6.45, 7) is 3.40. The molecule has 1 aliphatic rings. The minimum Gasteiger partial charge on any atom is -0.368 e. The lowest BCUT2D eigenvalue weighted by Gasteiger charge is -2.34. The second-order valence-corrected chi connectivity index (χ2v) is 5.73. The zero-order valence-electron chi connectivity index (χ0n) is 13.8. The topological polar surface area (TPSA) is 91.9 Å². The van der Waals surface area contributed by atoms with Crippen LogP contribution in [0.3, 0.4) is 0 Å². The maximum absolute atomic E-state index is 12.7. The van der Waals surface area contributed by atoms with Gasteiger partial charge >= 0.3 is 0 Å². The number of methoxy groups -OCH3 is 1. The van der Waals surface area contributed by atoms with Crippen molar-refractivity contribution in [1.82, 2.24) is 20.5 Å². The van der Waals surface area contributed by atoms with Crippen molar-refractivity contribution < 1.29 is 9.53 Å². The number of hydrogen-bond acceptors (Lipinski definition) is 5. The molecule has 2 aromatic rings. The number of hydrogen-bond donors (Lipinski definition) is 3. The molecule has 0 spiro atoms. The lowest BCUT2D eigenvalue weighted by Crippen LogP contribution is -2.51. The third-order valence-corrected chi connectivity index (χ3v) is 4.19. The summed E-state index contributed by atoms with van der Waals surface area (Å²) in [6.07, 6.45) is 1.32. The summed E-state index contributed by atoms with van der Waals surface area (Å²) in [4.78, 5) is 17.0. The molecule has 2 heterocycles. The van der Waals surface area contributed by atoms with E-state index in [1.54, 1.807) is 7.11 Å². The highest BCUT2D eigenvalue weighted by Gasteiger charge is 2.39. The highest BCUT2D eigenvalue weighted by molar-refractivity contribution is 5.97. The van der Waals surface area contributed by atoms with Crippen molar-refractivity contribution in [2.75, 3.05) is 25.5 Å². The van der Waals surface area contributed by atoms with Crippen LogP contribution in [0.25, 0.3) is 11.4 Å². The number of H-pyrrole nitrogens is 1. The standard InChI is InChI=1S/C16H21N5O2.ClH/c1-11-18-14(21-20-11)12-4-3-5-13(10-12)19-15(22)16(23-2)6-8-17-9-7-16;/h3-5,10,17H,6-9H2,1-2H3,(H,19,22)(H,18,20,21);1H. The fourth-order valence-corrected chi connectivity index (χ4v) is 2.81. The Morgan fingerprint density at radius 2 is 2.08 bits per heavy atom. The number of piperidine rings is 1. The number of halogens is 1. The number of nitrogens with one attached hydrogen (secondary N) is 3. The van der Waals surface area contributed by atoms with E-state index < -0.39 is 5.60 Å². The maximum Gasteiger partial charge on any atom is 0.256 e. The first-order valence-electron chi connectivity index (χ1n) is 7.70. The summed E-state index contributed by atoms with van der Waals surface area (Å²) >= 11 is 0. The minimum atomic E-state index is -0.761. The van der Waals surface area contributed by atoms with Gasteiger partial charge in [0.25, 0.3) is 5.91 Å².